The molecule has 0 aromatic heterocycles. The van der Waals surface area contributed by atoms with Crippen LogP contribution in [-0.4, -0.2) is 18.1 Å². The lowest BCUT2D eigenvalue weighted by molar-refractivity contribution is -0.385. The number of benzene rings is 1. The highest BCUT2D eigenvalue weighted by molar-refractivity contribution is 5.85. The molecule has 1 saturated heterocycles. The molecule has 1 heterocycles. The Morgan fingerprint density at radius 3 is 2.60 bits per heavy atom. The Bertz CT molecular complexity index is 379. The first kappa shape index (κ1) is 11.9. The minimum Gasteiger partial charge on any atom is -0.377 e. The summed E-state index contributed by atoms with van der Waals surface area (Å²) in [5.41, 5.74) is 6.24. The Hall–Kier alpha value is -1.17. The van der Waals surface area contributed by atoms with Crippen LogP contribution in [0.3, 0.4) is 0 Å². The summed E-state index contributed by atoms with van der Waals surface area (Å²) in [5.74, 6) is 0. The second-order valence-corrected chi connectivity index (χ2v) is 3.46. The molecule has 0 spiro atoms. The summed E-state index contributed by atoms with van der Waals surface area (Å²) in [5, 5.41) is 10.5. The van der Waals surface area contributed by atoms with Crippen molar-refractivity contribution in [2.24, 2.45) is 5.73 Å². The molecule has 1 aromatic rings. The van der Waals surface area contributed by atoms with Gasteiger partial charge < -0.3 is 10.5 Å². The van der Waals surface area contributed by atoms with Crippen molar-refractivity contribution in [1.82, 2.24) is 0 Å². The van der Waals surface area contributed by atoms with Crippen LogP contribution in [0.5, 0.6) is 0 Å². The molecule has 1 aliphatic heterocycles. The highest BCUT2D eigenvalue weighted by Crippen LogP contribution is 2.28. The molecular weight excluding hydrogens is 220 g/mol. The van der Waals surface area contributed by atoms with Crippen LogP contribution in [-0.2, 0) is 10.3 Å². The summed E-state index contributed by atoms with van der Waals surface area (Å²) in [6, 6.07) is 6.38. The number of hydrogen-bond acceptors (Lipinski definition) is 4. The van der Waals surface area contributed by atoms with E-state index >= 15 is 0 Å². The molecule has 0 bridgehead atoms. The summed E-state index contributed by atoms with van der Waals surface area (Å²) in [6.07, 6.45) is 0. The minimum absolute atomic E-state index is 0. The van der Waals surface area contributed by atoms with E-state index in [2.05, 4.69) is 0 Å². The van der Waals surface area contributed by atoms with Gasteiger partial charge in [-0.1, -0.05) is 12.1 Å². The fraction of sp³-hybridized carbons (Fsp3) is 0.333. The van der Waals surface area contributed by atoms with E-state index in [1.807, 2.05) is 0 Å². The van der Waals surface area contributed by atoms with Crippen LogP contribution in [0.1, 0.15) is 5.56 Å². The van der Waals surface area contributed by atoms with Crippen molar-refractivity contribution in [3.8, 4) is 0 Å². The Balaban J connectivity index is 0.00000112. The Morgan fingerprint density at radius 2 is 2.13 bits per heavy atom. The number of hydrogen-bond donors (Lipinski definition) is 1. The van der Waals surface area contributed by atoms with Gasteiger partial charge in [0.1, 0.15) is 0 Å². The zero-order chi connectivity index (χ0) is 10.2. The molecule has 1 aliphatic rings. The second kappa shape index (κ2) is 4.14. The number of nitro benzene ring substituents is 1. The predicted octanol–water partition coefficient (Wildman–Crippen LogP) is 1.20. The van der Waals surface area contributed by atoms with Gasteiger partial charge in [0.15, 0.2) is 0 Å². The largest absolute Gasteiger partial charge is 0.377 e. The molecule has 0 amide bonds. The number of non-ortho nitro benzene ring substituents is 1. The quantitative estimate of drug-likeness (QED) is 0.612. The third kappa shape index (κ3) is 2.09. The van der Waals surface area contributed by atoms with Crippen molar-refractivity contribution < 1.29 is 9.66 Å². The van der Waals surface area contributed by atoms with Crippen LogP contribution in [0.25, 0.3) is 0 Å². The second-order valence-electron chi connectivity index (χ2n) is 3.46. The third-order valence-corrected chi connectivity index (χ3v) is 2.35. The molecule has 1 aromatic carbocycles. The van der Waals surface area contributed by atoms with E-state index in [0.29, 0.717) is 13.2 Å². The van der Waals surface area contributed by atoms with E-state index in [4.69, 9.17) is 10.5 Å². The Morgan fingerprint density at radius 1 is 1.47 bits per heavy atom. The van der Waals surface area contributed by atoms with Crippen LogP contribution < -0.4 is 5.73 Å². The lowest BCUT2D eigenvalue weighted by atomic mass is 9.89. The highest BCUT2D eigenvalue weighted by Gasteiger charge is 2.36. The van der Waals surface area contributed by atoms with Crippen LogP contribution in [0.15, 0.2) is 24.3 Å². The average Bonchev–Trinajstić information content (AvgIpc) is 2.14. The summed E-state index contributed by atoms with van der Waals surface area (Å²) in [7, 11) is 0. The monoisotopic (exact) mass is 230 g/mol. The maximum absolute atomic E-state index is 10.5. The van der Waals surface area contributed by atoms with Crippen LogP contribution in [0.2, 0.25) is 0 Å². The number of ether oxygens (including phenoxy) is 1. The predicted molar refractivity (Wildman–Crippen MR) is 57.0 cm³/mol. The lowest BCUT2D eigenvalue weighted by Gasteiger charge is -2.37. The SMILES string of the molecule is Cl.NC1(c2cccc([N+](=O)[O-])c2)COC1. The Labute approximate surface area is 92.8 Å². The van der Waals surface area contributed by atoms with Crippen molar-refractivity contribution >= 4 is 18.1 Å². The van der Waals surface area contributed by atoms with E-state index < -0.39 is 10.5 Å². The zero-order valence-corrected chi connectivity index (χ0v) is 8.70. The van der Waals surface area contributed by atoms with Crippen molar-refractivity contribution in [3.63, 3.8) is 0 Å². The van der Waals surface area contributed by atoms with Gasteiger partial charge in [0.2, 0.25) is 0 Å². The van der Waals surface area contributed by atoms with Gasteiger partial charge in [0.05, 0.1) is 23.7 Å². The smallest absolute Gasteiger partial charge is 0.269 e. The van der Waals surface area contributed by atoms with Gasteiger partial charge in [-0.15, -0.1) is 12.4 Å². The molecule has 6 heteroatoms. The van der Waals surface area contributed by atoms with E-state index in [-0.39, 0.29) is 18.1 Å². The topological polar surface area (TPSA) is 78.4 Å². The van der Waals surface area contributed by atoms with Crippen molar-refractivity contribution in [1.29, 1.82) is 0 Å². The molecule has 5 nitrogen and oxygen atoms in total. The first-order valence-electron chi connectivity index (χ1n) is 4.23. The molecule has 0 aliphatic carbocycles. The van der Waals surface area contributed by atoms with Gasteiger partial charge in [-0.05, 0) is 5.56 Å². The van der Waals surface area contributed by atoms with Crippen molar-refractivity contribution in [2.75, 3.05) is 13.2 Å². The summed E-state index contributed by atoms with van der Waals surface area (Å²) in [6.45, 7) is 0.850. The van der Waals surface area contributed by atoms with Crippen molar-refractivity contribution in [3.05, 3.63) is 39.9 Å². The fourth-order valence-electron chi connectivity index (χ4n) is 1.42. The third-order valence-electron chi connectivity index (χ3n) is 2.35. The zero-order valence-electron chi connectivity index (χ0n) is 7.88. The minimum atomic E-state index is -0.536. The van der Waals surface area contributed by atoms with E-state index in [9.17, 15) is 10.1 Å². The molecule has 2 N–H and O–H groups in total. The summed E-state index contributed by atoms with van der Waals surface area (Å²) >= 11 is 0. The van der Waals surface area contributed by atoms with Gasteiger partial charge in [-0.25, -0.2) is 0 Å². The van der Waals surface area contributed by atoms with Crippen LogP contribution in [0, 0.1) is 10.1 Å². The van der Waals surface area contributed by atoms with Crippen LogP contribution in [0.4, 0.5) is 5.69 Å². The fourth-order valence-corrected chi connectivity index (χ4v) is 1.42. The molecule has 2 rings (SSSR count). The maximum atomic E-state index is 10.5. The van der Waals surface area contributed by atoms with Gasteiger partial charge in [-0.2, -0.15) is 0 Å². The number of nitrogens with two attached hydrogens (primary N) is 1. The average molecular weight is 231 g/mol. The van der Waals surface area contributed by atoms with Gasteiger partial charge >= 0.3 is 0 Å². The van der Waals surface area contributed by atoms with E-state index in [0.717, 1.165) is 5.56 Å². The van der Waals surface area contributed by atoms with Gasteiger partial charge in [0.25, 0.3) is 5.69 Å². The standard InChI is InChI=1S/C9H10N2O3.ClH/c10-9(5-14-6-9)7-2-1-3-8(4-7)11(12)13;/h1-4H,5-6,10H2;1H. The first-order chi connectivity index (χ1) is 6.62. The molecule has 82 valence electrons. The normalized spacial score (nSPS) is 17.4. The molecule has 15 heavy (non-hydrogen) atoms. The van der Waals surface area contributed by atoms with Gasteiger partial charge in [0, 0.05) is 12.1 Å². The number of halogens is 1. The molecule has 0 unspecified atom stereocenters. The molecular formula is C9H11ClN2O3. The van der Waals surface area contributed by atoms with E-state index in [1.165, 1.54) is 12.1 Å². The number of nitrogens with zero attached hydrogens (tertiary/aromatic N) is 1. The summed E-state index contributed by atoms with van der Waals surface area (Å²) in [4.78, 5) is 10.1. The lowest BCUT2D eigenvalue weighted by Crippen LogP contribution is -2.54. The Kier molecular flexibility index (Phi) is 3.28. The maximum Gasteiger partial charge on any atom is 0.269 e. The first-order valence-corrected chi connectivity index (χ1v) is 4.23. The number of rotatable bonds is 2. The van der Waals surface area contributed by atoms with Gasteiger partial charge in [-0.3, -0.25) is 10.1 Å². The number of nitro groups is 1. The highest BCUT2D eigenvalue weighted by atomic mass is 35.5. The van der Waals surface area contributed by atoms with E-state index in [1.54, 1.807) is 12.1 Å². The molecule has 1 fully saturated rings. The van der Waals surface area contributed by atoms with Crippen LogP contribution >= 0.6 is 12.4 Å². The summed E-state index contributed by atoms with van der Waals surface area (Å²) < 4.78 is 5.00. The molecule has 0 atom stereocenters. The van der Waals surface area contributed by atoms with Crippen molar-refractivity contribution in [2.45, 2.75) is 5.54 Å². The molecule has 0 saturated carbocycles. The molecule has 0 radical (unpaired) electrons.